The SMILES string of the molecule is CCC1(CNCc2cc(O)c3c(c2Cl)CC2C[C@H]4CC(O)=C(C(N)=O)C(=O)[C@@]4(O)C(O)=C2C3=O)CCC1. The van der Waals surface area contributed by atoms with E-state index >= 15 is 0 Å². The van der Waals surface area contributed by atoms with Crippen LogP contribution in [0.15, 0.2) is 28.7 Å². The molecule has 4 aliphatic carbocycles. The number of carbonyl (C=O) groups excluding carboxylic acids is 3. The number of rotatable bonds is 6. The normalized spacial score (nSPS) is 28.4. The summed E-state index contributed by atoms with van der Waals surface area (Å²) >= 11 is 6.74. The van der Waals surface area contributed by atoms with Crippen molar-refractivity contribution in [1.29, 1.82) is 0 Å². The summed E-state index contributed by atoms with van der Waals surface area (Å²) in [4.78, 5) is 38.3. The molecule has 1 unspecified atom stereocenters. The van der Waals surface area contributed by atoms with Crippen LogP contribution in [0.4, 0.5) is 0 Å². The lowest BCUT2D eigenvalue weighted by Gasteiger charge is -2.45. The van der Waals surface area contributed by atoms with Gasteiger partial charge in [0, 0.05) is 36.0 Å². The average molecular weight is 531 g/mol. The Labute approximate surface area is 219 Å². The van der Waals surface area contributed by atoms with Crippen LogP contribution in [0.25, 0.3) is 0 Å². The van der Waals surface area contributed by atoms with Crippen LogP contribution in [0.5, 0.6) is 5.75 Å². The van der Waals surface area contributed by atoms with Gasteiger partial charge in [0.05, 0.1) is 5.56 Å². The molecule has 198 valence electrons. The number of Topliss-reactive ketones (excluding diaryl/α,β-unsaturated/α-hetero) is 2. The summed E-state index contributed by atoms with van der Waals surface area (Å²) < 4.78 is 0. The Morgan fingerprint density at radius 1 is 1.22 bits per heavy atom. The molecule has 0 saturated heterocycles. The predicted octanol–water partition coefficient (Wildman–Crippen LogP) is 2.90. The Bertz CT molecular complexity index is 1290. The fraction of sp³-hybridized carbons (Fsp3) is 0.519. The van der Waals surface area contributed by atoms with Gasteiger partial charge in [-0.25, -0.2) is 0 Å². The van der Waals surface area contributed by atoms with Crippen molar-refractivity contribution in [1.82, 2.24) is 5.32 Å². The first-order valence-electron chi connectivity index (χ1n) is 12.7. The van der Waals surface area contributed by atoms with E-state index in [9.17, 15) is 34.8 Å². The van der Waals surface area contributed by atoms with Crippen LogP contribution in [-0.2, 0) is 22.6 Å². The highest BCUT2D eigenvalue weighted by molar-refractivity contribution is 6.33. The molecule has 37 heavy (non-hydrogen) atoms. The molecule has 1 amide bonds. The molecule has 1 aromatic carbocycles. The molecule has 1 aromatic rings. The first-order chi connectivity index (χ1) is 17.4. The first kappa shape index (κ1) is 25.8. The fourth-order valence-corrected chi connectivity index (χ4v) is 6.94. The number of halogens is 1. The number of hydrogen-bond donors (Lipinski definition) is 6. The lowest BCUT2D eigenvalue weighted by Crippen LogP contribution is -2.57. The van der Waals surface area contributed by atoms with Crippen molar-refractivity contribution in [2.45, 2.75) is 64.0 Å². The van der Waals surface area contributed by atoms with Gasteiger partial charge in [0.15, 0.2) is 11.4 Å². The second kappa shape index (κ2) is 8.85. The topological polar surface area (TPSA) is 170 Å². The predicted molar refractivity (Wildman–Crippen MR) is 134 cm³/mol. The van der Waals surface area contributed by atoms with Crippen molar-refractivity contribution < 1.29 is 34.8 Å². The van der Waals surface area contributed by atoms with Gasteiger partial charge >= 0.3 is 0 Å². The van der Waals surface area contributed by atoms with E-state index in [-0.39, 0.29) is 36.1 Å². The van der Waals surface area contributed by atoms with E-state index in [0.29, 0.717) is 28.1 Å². The molecule has 7 N–H and O–H groups in total. The molecular weight excluding hydrogens is 500 g/mol. The highest BCUT2D eigenvalue weighted by Gasteiger charge is 2.59. The third-order valence-corrected chi connectivity index (χ3v) is 9.52. The summed E-state index contributed by atoms with van der Waals surface area (Å²) in [6, 6.07) is 1.43. The minimum atomic E-state index is -2.57. The second-order valence-corrected chi connectivity index (χ2v) is 11.3. The molecule has 3 atom stereocenters. The lowest BCUT2D eigenvalue weighted by molar-refractivity contribution is -0.144. The molecule has 0 radical (unpaired) electrons. The summed E-state index contributed by atoms with van der Waals surface area (Å²) in [5.74, 6) is -6.51. The number of aliphatic hydroxyl groups excluding tert-OH is 2. The van der Waals surface area contributed by atoms with Gasteiger partial charge in [-0.2, -0.15) is 0 Å². The van der Waals surface area contributed by atoms with Gasteiger partial charge in [-0.15, -0.1) is 0 Å². The Balaban J connectivity index is 1.49. The van der Waals surface area contributed by atoms with Gasteiger partial charge in [0.2, 0.25) is 5.78 Å². The summed E-state index contributed by atoms with van der Waals surface area (Å²) in [7, 11) is 0. The van der Waals surface area contributed by atoms with Gasteiger partial charge in [0.25, 0.3) is 5.91 Å². The Morgan fingerprint density at radius 2 is 1.92 bits per heavy atom. The highest BCUT2D eigenvalue weighted by Crippen LogP contribution is 2.52. The maximum atomic E-state index is 13.6. The van der Waals surface area contributed by atoms with Crippen molar-refractivity contribution in [2.75, 3.05) is 6.54 Å². The number of nitrogens with two attached hydrogens (primary N) is 1. The number of hydrogen-bond acceptors (Lipinski definition) is 8. The zero-order chi connectivity index (χ0) is 26.9. The maximum Gasteiger partial charge on any atom is 0.255 e. The van der Waals surface area contributed by atoms with Crippen LogP contribution in [0.2, 0.25) is 5.02 Å². The molecule has 0 heterocycles. The quantitative estimate of drug-likeness (QED) is 0.305. The van der Waals surface area contributed by atoms with Crippen molar-refractivity contribution in [3.8, 4) is 5.75 Å². The third-order valence-electron chi connectivity index (χ3n) is 9.05. The molecule has 10 heteroatoms. The van der Waals surface area contributed by atoms with Gasteiger partial charge in [-0.05, 0) is 60.6 Å². The van der Waals surface area contributed by atoms with Crippen LogP contribution >= 0.6 is 11.6 Å². The number of aliphatic hydroxyl groups is 3. The molecule has 1 fully saturated rings. The molecular formula is C27H31ClN2O7. The summed E-state index contributed by atoms with van der Waals surface area (Å²) in [5.41, 5.74) is 2.98. The summed E-state index contributed by atoms with van der Waals surface area (Å²) in [6.45, 7) is 3.43. The van der Waals surface area contributed by atoms with Gasteiger partial charge in [0.1, 0.15) is 22.8 Å². The smallest absolute Gasteiger partial charge is 0.255 e. The van der Waals surface area contributed by atoms with E-state index in [1.54, 1.807) is 0 Å². The van der Waals surface area contributed by atoms with E-state index in [2.05, 4.69) is 12.2 Å². The Kier molecular flexibility index (Phi) is 6.16. The summed E-state index contributed by atoms with van der Waals surface area (Å²) in [5, 5.41) is 47.3. The third kappa shape index (κ3) is 3.70. The number of amides is 1. The van der Waals surface area contributed by atoms with Crippen LogP contribution in [0.1, 0.15) is 66.9 Å². The number of allylic oxidation sites excluding steroid dienone is 2. The number of fused-ring (bicyclic) bond motifs is 3. The standard InChI is InChI=1S/C27H31ClN2O7/c1-2-26(4-3-5-26)11-30-10-13-8-16(31)19-15(21(13)28)7-12-6-14-9-17(32)20(25(29)36)24(35)27(14,37)23(34)18(12)22(19)33/h8,12,14,30-32,34,37H,2-7,9-11H2,1H3,(H2,29,36)/t12?,14-,27-/m0/s1. The molecule has 4 aliphatic rings. The van der Waals surface area contributed by atoms with E-state index in [0.717, 1.165) is 13.0 Å². The Hall–Kier alpha value is -2.88. The number of primary amides is 1. The number of phenols is 1. The van der Waals surface area contributed by atoms with Gasteiger partial charge in [-0.3, -0.25) is 14.4 Å². The molecule has 0 bridgehead atoms. The number of ketones is 2. The lowest BCUT2D eigenvalue weighted by atomic mass is 9.60. The summed E-state index contributed by atoms with van der Waals surface area (Å²) in [6.07, 6.45) is 4.65. The number of carbonyl (C=O) groups is 3. The monoisotopic (exact) mass is 530 g/mol. The molecule has 0 aromatic heterocycles. The first-order valence-corrected chi connectivity index (χ1v) is 13.0. The molecule has 5 rings (SSSR count). The van der Waals surface area contributed by atoms with E-state index in [1.807, 2.05) is 0 Å². The van der Waals surface area contributed by atoms with E-state index in [1.165, 1.54) is 25.3 Å². The fourth-order valence-electron chi connectivity index (χ4n) is 6.65. The molecule has 9 nitrogen and oxygen atoms in total. The minimum Gasteiger partial charge on any atom is -0.511 e. The largest absolute Gasteiger partial charge is 0.511 e. The second-order valence-electron chi connectivity index (χ2n) is 10.9. The highest BCUT2D eigenvalue weighted by atomic mass is 35.5. The maximum absolute atomic E-state index is 13.6. The number of nitrogens with one attached hydrogen (secondary N) is 1. The van der Waals surface area contributed by atoms with Crippen molar-refractivity contribution in [3.63, 3.8) is 0 Å². The van der Waals surface area contributed by atoms with Gasteiger partial charge in [-0.1, -0.05) is 24.9 Å². The van der Waals surface area contributed by atoms with Crippen LogP contribution < -0.4 is 11.1 Å². The van der Waals surface area contributed by atoms with Crippen molar-refractivity contribution in [3.05, 3.63) is 50.4 Å². The number of aromatic hydroxyl groups is 1. The van der Waals surface area contributed by atoms with E-state index in [4.69, 9.17) is 17.3 Å². The molecule has 1 saturated carbocycles. The molecule has 0 aliphatic heterocycles. The van der Waals surface area contributed by atoms with Gasteiger partial charge < -0.3 is 31.5 Å². The van der Waals surface area contributed by atoms with Crippen LogP contribution in [0.3, 0.4) is 0 Å². The molecule has 0 spiro atoms. The minimum absolute atomic E-state index is 0.0709. The van der Waals surface area contributed by atoms with E-state index < -0.39 is 52.0 Å². The number of phenolic OH excluding ortho intramolecular Hbond substituents is 1. The van der Waals surface area contributed by atoms with Crippen molar-refractivity contribution >= 4 is 29.1 Å². The zero-order valence-electron chi connectivity index (χ0n) is 20.6. The van der Waals surface area contributed by atoms with Crippen molar-refractivity contribution in [2.24, 2.45) is 23.0 Å². The van der Waals surface area contributed by atoms with Crippen LogP contribution in [0, 0.1) is 17.3 Å². The Morgan fingerprint density at radius 3 is 2.51 bits per heavy atom. The number of benzene rings is 1. The average Bonchev–Trinajstić information content (AvgIpc) is 2.80. The zero-order valence-corrected chi connectivity index (χ0v) is 21.3. The van der Waals surface area contributed by atoms with Crippen LogP contribution in [-0.4, -0.2) is 50.0 Å².